The molecule has 1 saturated heterocycles. The zero-order valence-electron chi connectivity index (χ0n) is 12.2. The number of benzene rings is 1. The van der Waals surface area contributed by atoms with E-state index >= 15 is 0 Å². The van der Waals surface area contributed by atoms with Crippen LogP contribution in [0.3, 0.4) is 0 Å². The molecule has 3 rings (SSSR count). The highest BCUT2D eigenvalue weighted by atomic mass is 19.4. The van der Waals surface area contributed by atoms with Gasteiger partial charge in [0.2, 0.25) is 0 Å². The summed E-state index contributed by atoms with van der Waals surface area (Å²) in [7, 11) is 0. The van der Waals surface area contributed by atoms with Crippen LogP contribution in [0.4, 0.5) is 13.2 Å². The van der Waals surface area contributed by atoms with Crippen molar-refractivity contribution in [2.45, 2.75) is 38.3 Å². The van der Waals surface area contributed by atoms with Gasteiger partial charge in [0, 0.05) is 13.1 Å². The molecular weight excluding hydrogens is 291 g/mol. The molecule has 2 aliphatic rings. The number of carbonyl (C=O) groups excluding carboxylic acids is 1. The average molecular weight is 309 g/mol. The number of carbonyl (C=O) groups is 1. The molecule has 1 saturated carbocycles. The Bertz CT molecular complexity index is 603. The second-order valence-corrected chi connectivity index (χ2v) is 5.90. The van der Waals surface area contributed by atoms with Crippen molar-refractivity contribution in [3.63, 3.8) is 0 Å². The Morgan fingerprint density at radius 1 is 0.955 bits per heavy atom. The molecular formula is C17H18F3NO. The standard InChI is InChI=1S/C17H18F3NO/c18-17(19,20)15-7-2-1-6-14(15)16(22)21-10-8-13(9-11-21)12-4-3-5-12/h1-2,6-7H,3-5,8-11H2. The van der Waals surface area contributed by atoms with Crippen LogP contribution in [-0.4, -0.2) is 23.9 Å². The predicted molar refractivity (Wildman–Crippen MR) is 77.5 cm³/mol. The zero-order chi connectivity index (χ0) is 15.7. The summed E-state index contributed by atoms with van der Waals surface area (Å²) in [5.74, 6) is -0.509. The Hall–Kier alpha value is -1.78. The highest BCUT2D eigenvalue weighted by molar-refractivity contribution is 5.96. The van der Waals surface area contributed by atoms with E-state index in [-0.39, 0.29) is 5.56 Å². The van der Waals surface area contributed by atoms with Crippen molar-refractivity contribution in [2.75, 3.05) is 13.1 Å². The summed E-state index contributed by atoms with van der Waals surface area (Å²) >= 11 is 0. The van der Waals surface area contributed by atoms with Gasteiger partial charge in [0.25, 0.3) is 5.91 Å². The molecule has 1 heterocycles. The average Bonchev–Trinajstić information content (AvgIpc) is 2.45. The fraction of sp³-hybridized carbons (Fsp3) is 0.471. The van der Waals surface area contributed by atoms with E-state index in [1.807, 2.05) is 0 Å². The van der Waals surface area contributed by atoms with Crippen molar-refractivity contribution >= 4 is 5.91 Å². The summed E-state index contributed by atoms with van der Waals surface area (Å²) in [6.45, 7) is 1.04. The van der Waals surface area contributed by atoms with E-state index in [2.05, 4.69) is 0 Å². The molecule has 22 heavy (non-hydrogen) atoms. The Kier molecular flexibility index (Phi) is 3.98. The second kappa shape index (κ2) is 5.78. The SMILES string of the molecule is O=C(c1ccccc1C(F)(F)F)N1CCC(=C2CCC2)CC1. The zero-order valence-corrected chi connectivity index (χ0v) is 12.2. The largest absolute Gasteiger partial charge is 0.417 e. The van der Waals surface area contributed by atoms with E-state index in [9.17, 15) is 18.0 Å². The maximum absolute atomic E-state index is 13.0. The first-order valence-corrected chi connectivity index (χ1v) is 7.62. The van der Waals surface area contributed by atoms with Crippen LogP contribution in [0.15, 0.2) is 35.4 Å². The van der Waals surface area contributed by atoms with E-state index in [4.69, 9.17) is 0 Å². The van der Waals surface area contributed by atoms with Crippen LogP contribution in [0.5, 0.6) is 0 Å². The molecule has 2 fully saturated rings. The number of halogens is 3. The van der Waals surface area contributed by atoms with Gasteiger partial charge >= 0.3 is 6.18 Å². The lowest BCUT2D eigenvalue weighted by Gasteiger charge is -2.32. The molecule has 0 radical (unpaired) electrons. The number of amides is 1. The molecule has 0 spiro atoms. The number of allylic oxidation sites excluding steroid dienone is 1. The van der Waals surface area contributed by atoms with Crippen LogP contribution in [0.25, 0.3) is 0 Å². The number of hydrogen-bond acceptors (Lipinski definition) is 1. The highest BCUT2D eigenvalue weighted by Gasteiger charge is 2.36. The van der Waals surface area contributed by atoms with Crippen LogP contribution in [0.2, 0.25) is 0 Å². The lowest BCUT2D eigenvalue weighted by Crippen LogP contribution is -2.37. The second-order valence-electron chi connectivity index (χ2n) is 5.90. The monoisotopic (exact) mass is 309 g/mol. The molecule has 0 N–H and O–H groups in total. The van der Waals surface area contributed by atoms with E-state index < -0.39 is 17.6 Å². The maximum atomic E-state index is 13.0. The molecule has 118 valence electrons. The van der Waals surface area contributed by atoms with Gasteiger partial charge in [-0.25, -0.2) is 0 Å². The number of hydrogen-bond donors (Lipinski definition) is 0. The molecule has 1 aromatic rings. The van der Waals surface area contributed by atoms with Gasteiger partial charge in [-0.1, -0.05) is 23.3 Å². The fourth-order valence-electron chi connectivity index (χ4n) is 3.13. The smallest absolute Gasteiger partial charge is 0.338 e. The van der Waals surface area contributed by atoms with Gasteiger partial charge < -0.3 is 4.90 Å². The molecule has 2 nitrogen and oxygen atoms in total. The van der Waals surface area contributed by atoms with Gasteiger partial charge in [0.05, 0.1) is 11.1 Å². The van der Waals surface area contributed by atoms with Crippen molar-refractivity contribution in [1.29, 1.82) is 0 Å². The Morgan fingerprint density at radius 2 is 1.55 bits per heavy atom. The van der Waals surface area contributed by atoms with Gasteiger partial charge in [-0.05, 0) is 44.2 Å². The van der Waals surface area contributed by atoms with Crippen molar-refractivity contribution < 1.29 is 18.0 Å². The lowest BCUT2D eigenvalue weighted by atomic mass is 9.84. The van der Waals surface area contributed by atoms with E-state index in [0.717, 1.165) is 31.7 Å². The topological polar surface area (TPSA) is 20.3 Å². The van der Waals surface area contributed by atoms with Crippen molar-refractivity contribution in [1.82, 2.24) is 4.90 Å². The van der Waals surface area contributed by atoms with Gasteiger partial charge in [0.15, 0.2) is 0 Å². The quantitative estimate of drug-likeness (QED) is 0.703. The van der Waals surface area contributed by atoms with Crippen molar-refractivity contribution in [3.05, 3.63) is 46.5 Å². The van der Waals surface area contributed by atoms with E-state index in [0.29, 0.717) is 13.1 Å². The van der Waals surface area contributed by atoms with Crippen LogP contribution in [0, 0.1) is 0 Å². The first-order valence-electron chi connectivity index (χ1n) is 7.62. The molecule has 0 bridgehead atoms. The lowest BCUT2D eigenvalue weighted by molar-refractivity contribution is -0.138. The number of rotatable bonds is 1. The maximum Gasteiger partial charge on any atom is 0.417 e. The predicted octanol–water partition coefficient (Wildman–Crippen LogP) is 4.42. The van der Waals surface area contributed by atoms with Crippen LogP contribution < -0.4 is 0 Å². The van der Waals surface area contributed by atoms with Crippen molar-refractivity contribution in [2.24, 2.45) is 0 Å². The molecule has 1 aliphatic carbocycles. The number of nitrogens with zero attached hydrogens (tertiary/aromatic N) is 1. The summed E-state index contributed by atoms with van der Waals surface area (Å²) < 4.78 is 39.1. The minimum absolute atomic E-state index is 0.241. The van der Waals surface area contributed by atoms with Crippen LogP contribution in [-0.2, 0) is 6.18 Å². The van der Waals surface area contributed by atoms with Crippen LogP contribution in [0.1, 0.15) is 48.0 Å². The number of likely N-dealkylation sites (tertiary alicyclic amines) is 1. The molecule has 5 heteroatoms. The summed E-state index contributed by atoms with van der Waals surface area (Å²) in [6, 6.07) is 5.03. The summed E-state index contributed by atoms with van der Waals surface area (Å²) in [6.07, 6.45) is 0.645. The van der Waals surface area contributed by atoms with Crippen LogP contribution >= 0.6 is 0 Å². The first-order chi connectivity index (χ1) is 10.5. The Labute approximate surface area is 127 Å². The molecule has 1 aliphatic heterocycles. The molecule has 0 unspecified atom stereocenters. The molecule has 1 amide bonds. The first kappa shape index (κ1) is 15.1. The van der Waals surface area contributed by atoms with Gasteiger partial charge in [0.1, 0.15) is 0 Å². The van der Waals surface area contributed by atoms with Gasteiger partial charge in [-0.2, -0.15) is 13.2 Å². The minimum atomic E-state index is -4.50. The third-order valence-electron chi connectivity index (χ3n) is 4.57. The van der Waals surface area contributed by atoms with Gasteiger partial charge in [-0.3, -0.25) is 4.79 Å². The van der Waals surface area contributed by atoms with Crippen molar-refractivity contribution in [3.8, 4) is 0 Å². The third kappa shape index (κ3) is 2.89. The normalized spacial score (nSPS) is 19.1. The molecule has 1 aromatic carbocycles. The number of alkyl halides is 3. The van der Waals surface area contributed by atoms with E-state index in [1.54, 1.807) is 4.90 Å². The third-order valence-corrected chi connectivity index (χ3v) is 4.57. The number of piperidine rings is 1. The Balaban J connectivity index is 1.76. The van der Waals surface area contributed by atoms with Gasteiger partial charge in [-0.15, -0.1) is 0 Å². The molecule has 0 atom stereocenters. The van der Waals surface area contributed by atoms with E-state index in [1.165, 1.54) is 35.8 Å². The molecule has 0 aromatic heterocycles. The summed E-state index contributed by atoms with van der Waals surface area (Å²) in [5, 5.41) is 0. The summed E-state index contributed by atoms with van der Waals surface area (Å²) in [5.41, 5.74) is 1.83. The Morgan fingerprint density at radius 3 is 2.09 bits per heavy atom. The summed E-state index contributed by atoms with van der Waals surface area (Å²) in [4.78, 5) is 14.0. The minimum Gasteiger partial charge on any atom is -0.338 e. The highest BCUT2D eigenvalue weighted by Crippen LogP contribution is 2.35. The fourth-order valence-corrected chi connectivity index (χ4v) is 3.13.